The number of pyridine rings is 1. The predicted octanol–water partition coefficient (Wildman–Crippen LogP) is 1.83. The maximum absolute atomic E-state index is 10.3. The number of methoxy groups -OCH3 is 1. The summed E-state index contributed by atoms with van der Waals surface area (Å²) in [5.74, 6) is 0.736. The number of hydrogen-bond donors (Lipinski definition) is 0. The van der Waals surface area contributed by atoms with Crippen LogP contribution >= 0.6 is 11.6 Å². The van der Waals surface area contributed by atoms with Gasteiger partial charge in [-0.1, -0.05) is 0 Å². The maximum Gasteiger partial charge on any atom is 0.409 e. The molecule has 1 aromatic heterocycles. The Kier molecular flexibility index (Phi) is 2.88. The van der Waals surface area contributed by atoms with Gasteiger partial charge in [0.15, 0.2) is 5.75 Å². The second-order valence-electron chi connectivity index (χ2n) is 1.88. The van der Waals surface area contributed by atoms with Crippen LogP contribution in [-0.4, -0.2) is 17.5 Å². The van der Waals surface area contributed by atoms with Gasteiger partial charge in [-0.25, -0.2) is 9.78 Å². The van der Waals surface area contributed by atoms with E-state index in [-0.39, 0.29) is 5.75 Å². The van der Waals surface area contributed by atoms with Crippen molar-refractivity contribution in [2.24, 2.45) is 0 Å². The zero-order valence-electron chi connectivity index (χ0n) is 6.28. The first kappa shape index (κ1) is 8.80. The minimum absolute atomic E-state index is 0.288. The molecule has 0 radical (unpaired) electrons. The van der Waals surface area contributed by atoms with Crippen molar-refractivity contribution in [3.05, 3.63) is 18.3 Å². The van der Waals surface area contributed by atoms with Crippen molar-refractivity contribution in [3.63, 3.8) is 0 Å². The number of nitrogens with zero attached hydrogens (tertiary/aromatic N) is 1. The molecule has 0 bridgehead atoms. The number of ether oxygens (including phenoxy) is 2. The van der Waals surface area contributed by atoms with Crippen molar-refractivity contribution in [1.82, 2.24) is 4.98 Å². The normalized spacial score (nSPS) is 9.17. The van der Waals surface area contributed by atoms with Gasteiger partial charge in [0.25, 0.3) is 0 Å². The van der Waals surface area contributed by atoms with E-state index < -0.39 is 5.43 Å². The van der Waals surface area contributed by atoms with E-state index in [9.17, 15) is 4.79 Å². The Morgan fingerprint density at radius 2 is 2.33 bits per heavy atom. The minimum Gasteiger partial charge on any atom is -0.481 e. The van der Waals surface area contributed by atoms with E-state index in [0.717, 1.165) is 0 Å². The molecule has 0 amide bonds. The molecule has 0 spiro atoms. The molecule has 0 aliphatic carbocycles. The molecular weight excluding hydrogens is 182 g/mol. The molecule has 0 unspecified atom stereocenters. The third-order valence-electron chi connectivity index (χ3n) is 1.12. The van der Waals surface area contributed by atoms with Crippen molar-refractivity contribution in [2.45, 2.75) is 0 Å². The Labute approximate surface area is 74.1 Å². The monoisotopic (exact) mass is 187 g/mol. The molecule has 0 aliphatic rings. The van der Waals surface area contributed by atoms with Crippen molar-refractivity contribution < 1.29 is 14.3 Å². The lowest BCUT2D eigenvalue weighted by Gasteiger charge is -1.99. The fourth-order valence-electron chi connectivity index (χ4n) is 0.641. The smallest absolute Gasteiger partial charge is 0.409 e. The average Bonchev–Trinajstić information content (AvgIpc) is 2.05. The van der Waals surface area contributed by atoms with Crippen LogP contribution in [0.2, 0.25) is 0 Å². The van der Waals surface area contributed by atoms with Crippen molar-refractivity contribution in [2.75, 3.05) is 7.11 Å². The summed E-state index contributed by atoms with van der Waals surface area (Å²) in [4.78, 5) is 14.0. The van der Waals surface area contributed by atoms with Crippen LogP contribution < -0.4 is 9.47 Å². The number of hydrogen-bond acceptors (Lipinski definition) is 4. The summed E-state index contributed by atoms with van der Waals surface area (Å²) in [5, 5.41) is 0. The molecule has 1 heterocycles. The first-order chi connectivity index (χ1) is 5.72. The van der Waals surface area contributed by atoms with Crippen LogP contribution in [0.1, 0.15) is 0 Å². The highest BCUT2D eigenvalue weighted by atomic mass is 35.5. The summed E-state index contributed by atoms with van der Waals surface area (Å²) in [5.41, 5.74) is -0.887. The molecular formula is C7H6ClNO3. The topological polar surface area (TPSA) is 48.4 Å². The molecule has 1 aromatic rings. The van der Waals surface area contributed by atoms with Gasteiger partial charge in [0.05, 0.1) is 13.3 Å². The molecule has 0 N–H and O–H groups in total. The number of aromatic nitrogens is 1. The van der Waals surface area contributed by atoms with Gasteiger partial charge in [0.2, 0.25) is 5.88 Å². The van der Waals surface area contributed by atoms with Crippen molar-refractivity contribution in [1.29, 1.82) is 0 Å². The Hall–Kier alpha value is -1.29. The highest BCUT2D eigenvalue weighted by molar-refractivity contribution is 6.61. The zero-order valence-corrected chi connectivity index (χ0v) is 7.04. The van der Waals surface area contributed by atoms with Gasteiger partial charge in [-0.15, -0.1) is 0 Å². The van der Waals surface area contributed by atoms with Crippen LogP contribution in [0.3, 0.4) is 0 Å². The van der Waals surface area contributed by atoms with E-state index >= 15 is 0 Å². The van der Waals surface area contributed by atoms with Crippen LogP contribution in [0, 0.1) is 0 Å². The molecule has 5 heteroatoms. The lowest BCUT2D eigenvalue weighted by atomic mass is 10.4. The number of carbonyl (C=O) groups excluding carboxylic acids is 1. The molecule has 0 saturated heterocycles. The Bertz CT molecular complexity index is 272. The number of halogens is 1. The molecule has 12 heavy (non-hydrogen) atoms. The highest BCUT2D eigenvalue weighted by Crippen LogP contribution is 2.13. The Morgan fingerprint density at radius 3 is 2.75 bits per heavy atom. The van der Waals surface area contributed by atoms with Gasteiger partial charge < -0.3 is 9.47 Å². The van der Waals surface area contributed by atoms with E-state index in [1.165, 1.54) is 19.4 Å². The van der Waals surface area contributed by atoms with Crippen LogP contribution in [-0.2, 0) is 0 Å². The standard InChI is InChI=1S/C7H6ClNO3/c1-11-6-3-2-5(4-9-6)12-7(8)10/h2-4H,1H3. The summed E-state index contributed by atoms with van der Waals surface area (Å²) in [6.45, 7) is 0. The zero-order chi connectivity index (χ0) is 8.97. The minimum atomic E-state index is -0.887. The van der Waals surface area contributed by atoms with Crippen molar-refractivity contribution in [3.8, 4) is 11.6 Å². The maximum atomic E-state index is 10.3. The van der Waals surface area contributed by atoms with Crippen LogP contribution in [0.25, 0.3) is 0 Å². The Morgan fingerprint density at radius 1 is 1.58 bits per heavy atom. The summed E-state index contributed by atoms with van der Waals surface area (Å²) in [7, 11) is 1.50. The largest absolute Gasteiger partial charge is 0.481 e. The van der Waals surface area contributed by atoms with Gasteiger partial charge in [0, 0.05) is 17.7 Å². The molecule has 0 saturated carbocycles. The molecule has 1 rings (SSSR count). The fourth-order valence-corrected chi connectivity index (χ4v) is 0.730. The summed E-state index contributed by atoms with van der Waals surface area (Å²) >= 11 is 4.97. The van der Waals surface area contributed by atoms with Gasteiger partial charge in [0.1, 0.15) is 0 Å². The van der Waals surface area contributed by atoms with E-state index in [1.807, 2.05) is 0 Å². The number of carbonyl (C=O) groups is 1. The molecule has 0 aliphatic heterocycles. The third kappa shape index (κ3) is 2.39. The van der Waals surface area contributed by atoms with Gasteiger partial charge in [-0.3, -0.25) is 0 Å². The van der Waals surface area contributed by atoms with Gasteiger partial charge >= 0.3 is 5.43 Å². The third-order valence-corrected chi connectivity index (χ3v) is 1.19. The molecule has 0 fully saturated rings. The first-order valence-electron chi connectivity index (χ1n) is 3.09. The van der Waals surface area contributed by atoms with E-state index in [2.05, 4.69) is 9.72 Å². The van der Waals surface area contributed by atoms with Gasteiger partial charge in [-0.05, 0) is 6.07 Å². The molecule has 64 valence electrons. The van der Waals surface area contributed by atoms with Crippen molar-refractivity contribution >= 4 is 17.0 Å². The van der Waals surface area contributed by atoms with Gasteiger partial charge in [-0.2, -0.15) is 0 Å². The van der Waals surface area contributed by atoms with Crippen LogP contribution in [0.15, 0.2) is 18.3 Å². The SMILES string of the molecule is COc1ccc(OC(=O)Cl)cn1. The lowest BCUT2D eigenvalue weighted by molar-refractivity contribution is 0.225. The quantitative estimate of drug-likeness (QED) is 0.663. The molecule has 0 aromatic carbocycles. The lowest BCUT2D eigenvalue weighted by Crippen LogP contribution is -1.96. The fraction of sp³-hybridized carbons (Fsp3) is 0.143. The van der Waals surface area contributed by atoms with E-state index in [1.54, 1.807) is 6.07 Å². The van der Waals surface area contributed by atoms with Crippen LogP contribution in [0.5, 0.6) is 11.6 Å². The Balaban J connectivity index is 2.71. The molecule has 4 nitrogen and oxygen atoms in total. The first-order valence-corrected chi connectivity index (χ1v) is 3.47. The second-order valence-corrected chi connectivity index (χ2v) is 2.18. The average molecular weight is 188 g/mol. The van der Waals surface area contributed by atoms with E-state index in [4.69, 9.17) is 16.3 Å². The summed E-state index contributed by atoms with van der Waals surface area (Å²) in [6.07, 6.45) is 1.35. The number of rotatable bonds is 2. The summed E-state index contributed by atoms with van der Waals surface area (Å²) < 4.78 is 9.31. The van der Waals surface area contributed by atoms with Crippen LogP contribution in [0.4, 0.5) is 4.79 Å². The highest BCUT2D eigenvalue weighted by Gasteiger charge is 1.99. The molecule has 0 atom stereocenters. The predicted molar refractivity (Wildman–Crippen MR) is 42.7 cm³/mol. The second kappa shape index (κ2) is 3.92. The summed E-state index contributed by atoms with van der Waals surface area (Å²) in [6, 6.07) is 3.10. The van der Waals surface area contributed by atoms with E-state index in [0.29, 0.717) is 5.88 Å².